The van der Waals surface area contributed by atoms with Crippen molar-refractivity contribution in [1.29, 1.82) is 0 Å². The Morgan fingerprint density at radius 1 is 0.800 bits per heavy atom. The molecule has 0 spiro atoms. The van der Waals surface area contributed by atoms with Gasteiger partial charge < -0.3 is 9.88 Å². The first kappa shape index (κ1) is 20.0. The van der Waals surface area contributed by atoms with E-state index in [9.17, 15) is 4.79 Å². The molecule has 0 radical (unpaired) electrons. The number of carbonyl (C=O) groups is 1. The number of carbonyl (C=O) groups excluding carboxylic acids is 1. The molecular formula is C26H23ClN2O. The second-order valence-corrected chi connectivity index (χ2v) is 7.96. The van der Waals surface area contributed by atoms with Gasteiger partial charge in [-0.3, -0.25) is 4.79 Å². The zero-order chi connectivity index (χ0) is 21.3. The lowest BCUT2D eigenvalue weighted by Gasteiger charge is -2.13. The molecular weight excluding hydrogens is 392 g/mol. The van der Waals surface area contributed by atoms with E-state index >= 15 is 0 Å². The van der Waals surface area contributed by atoms with Crippen LogP contribution in [0.5, 0.6) is 0 Å². The van der Waals surface area contributed by atoms with E-state index in [2.05, 4.69) is 41.1 Å². The summed E-state index contributed by atoms with van der Waals surface area (Å²) in [6.07, 6.45) is 0. The van der Waals surface area contributed by atoms with Crippen LogP contribution in [-0.2, 0) is 0 Å². The Kier molecular flexibility index (Phi) is 5.47. The summed E-state index contributed by atoms with van der Waals surface area (Å²) >= 11 is 6.09. The second-order valence-electron chi connectivity index (χ2n) is 7.53. The van der Waals surface area contributed by atoms with E-state index in [0.29, 0.717) is 10.6 Å². The van der Waals surface area contributed by atoms with Crippen molar-refractivity contribution in [3.05, 3.63) is 106 Å². The highest BCUT2D eigenvalue weighted by atomic mass is 35.5. The maximum absolute atomic E-state index is 13.1. The minimum atomic E-state index is -0.127. The lowest BCUT2D eigenvalue weighted by atomic mass is 10.1. The van der Waals surface area contributed by atoms with Gasteiger partial charge in [-0.2, -0.15) is 0 Å². The van der Waals surface area contributed by atoms with Crippen molar-refractivity contribution in [3.63, 3.8) is 0 Å². The van der Waals surface area contributed by atoms with Gasteiger partial charge in [0.1, 0.15) is 0 Å². The predicted molar refractivity (Wildman–Crippen MR) is 125 cm³/mol. The zero-order valence-electron chi connectivity index (χ0n) is 17.2. The molecule has 3 aromatic carbocycles. The molecule has 30 heavy (non-hydrogen) atoms. The summed E-state index contributed by atoms with van der Waals surface area (Å²) in [5.41, 5.74) is 7.60. The molecule has 0 saturated heterocycles. The fraction of sp³-hybridized carbons (Fsp3) is 0.115. The average Bonchev–Trinajstić information content (AvgIpc) is 3.08. The van der Waals surface area contributed by atoms with Gasteiger partial charge in [0.2, 0.25) is 0 Å². The quantitative estimate of drug-likeness (QED) is 0.384. The average molecular weight is 415 g/mol. The molecule has 1 amide bonds. The van der Waals surface area contributed by atoms with Gasteiger partial charge in [0.15, 0.2) is 0 Å². The third-order valence-electron chi connectivity index (χ3n) is 5.23. The first-order valence-corrected chi connectivity index (χ1v) is 10.2. The first-order valence-electron chi connectivity index (χ1n) is 9.86. The summed E-state index contributed by atoms with van der Waals surface area (Å²) in [6.45, 7) is 6.06. The van der Waals surface area contributed by atoms with Gasteiger partial charge in [0, 0.05) is 22.1 Å². The maximum Gasteiger partial charge on any atom is 0.257 e. The van der Waals surface area contributed by atoms with Crippen LogP contribution in [0.15, 0.2) is 78.9 Å². The molecule has 0 aliphatic heterocycles. The van der Waals surface area contributed by atoms with Crippen LogP contribution < -0.4 is 5.32 Å². The Labute approximate surface area is 181 Å². The predicted octanol–water partition coefficient (Wildman–Crippen LogP) is 6.98. The highest BCUT2D eigenvalue weighted by Crippen LogP contribution is 2.31. The monoisotopic (exact) mass is 414 g/mol. The second kappa shape index (κ2) is 8.21. The van der Waals surface area contributed by atoms with Gasteiger partial charge in [0.25, 0.3) is 5.91 Å². The van der Waals surface area contributed by atoms with Crippen molar-refractivity contribution in [3.8, 4) is 16.9 Å². The number of nitrogens with zero attached hydrogens (tertiary/aromatic N) is 1. The Balaban J connectivity index is 1.80. The number of aryl methyl sites for hydroxylation is 2. The highest BCUT2D eigenvalue weighted by molar-refractivity contribution is 6.30. The van der Waals surface area contributed by atoms with E-state index in [-0.39, 0.29) is 5.91 Å². The van der Waals surface area contributed by atoms with Crippen LogP contribution in [0.3, 0.4) is 0 Å². The third kappa shape index (κ3) is 4.03. The molecule has 0 unspecified atom stereocenters. The molecule has 4 rings (SSSR count). The SMILES string of the molecule is Cc1ccc(NC(=O)c2cc(-c3ccc(Cl)cc3)n(-c3ccc(C)cc3)c2C)cc1. The van der Waals surface area contributed by atoms with E-state index in [1.165, 1.54) is 5.56 Å². The van der Waals surface area contributed by atoms with Crippen molar-refractivity contribution < 1.29 is 4.79 Å². The standard InChI is InChI=1S/C26H23ClN2O/c1-17-4-12-22(13-5-17)28-26(30)24-16-25(20-8-10-21(27)11-9-20)29(19(24)3)23-14-6-18(2)7-15-23/h4-16H,1-3H3,(H,28,30). The van der Waals surface area contributed by atoms with E-state index in [1.807, 2.05) is 68.4 Å². The van der Waals surface area contributed by atoms with E-state index in [0.717, 1.165) is 33.9 Å². The van der Waals surface area contributed by atoms with Gasteiger partial charge in [-0.05, 0) is 68.8 Å². The largest absolute Gasteiger partial charge is 0.322 e. The van der Waals surface area contributed by atoms with Crippen molar-refractivity contribution >= 4 is 23.2 Å². The number of hydrogen-bond acceptors (Lipinski definition) is 1. The van der Waals surface area contributed by atoms with Crippen LogP contribution >= 0.6 is 11.6 Å². The normalized spacial score (nSPS) is 10.8. The molecule has 0 saturated carbocycles. The van der Waals surface area contributed by atoms with E-state index < -0.39 is 0 Å². The van der Waals surface area contributed by atoms with Crippen LogP contribution in [-0.4, -0.2) is 10.5 Å². The van der Waals surface area contributed by atoms with Gasteiger partial charge in [-0.15, -0.1) is 0 Å². The topological polar surface area (TPSA) is 34.0 Å². The van der Waals surface area contributed by atoms with Crippen molar-refractivity contribution in [2.45, 2.75) is 20.8 Å². The molecule has 0 fully saturated rings. The Hall–Kier alpha value is -3.30. The summed E-state index contributed by atoms with van der Waals surface area (Å²) in [4.78, 5) is 13.1. The van der Waals surface area contributed by atoms with Crippen LogP contribution in [0.25, 0.3) is 16.9 Å². The van der Waals surface area contributed by atoms with Crippen molar-refractivity contribution in [1.82, 2.24) is 4.57 Å². The molecule has 4 heteroatoms. The summed E-state index contributed by atoms with van der Waals surface area (Å²) in [5.74, 6) is -0.127. The third-order valence-corrected chi connectivity index (χ3v) is 5.49. The molecule has 3 nitrogen and oxygen atoms in total. The van der Waals surface area contributed by atoms with Crippen LogP contribution in [0.4, 0.5) is 5.69 Å². The summed E-state index contributed by atoms with van der Waals surface area (Å²) in [6, 6.07) is 25.7. The molecule has 0 aliphatic rings. The minimum Gasteiger partial charge on any atom is -0.322 e. The smallest absolute Gasteiger partial charge is 0.257 e. The van der Waals surface area contributed by atoms with Crippen LogP contribution in [0.2, 0.25) is 5.02 Å². The number of benzene rings is 3. The fourth-order valence-electron chi connectivity index (χ4n) is 3.53. The molecule has 150 valence electrons. The fourth-order valence-corrected chi connectivity index (χ4v) is 3.66. The summed E-state index contributed by atoms with van der Waals surface area (Å²) in [7, 11) is 0. The van der Waals surface area contributed by atoms with Gasteiger partial charge >= 0.3 is 0 Å². The zero-order valence-corrected chi connectivity index (χ0v) is 18.0. The number of hydrogen-bond donors (Lipinski definition) is 1. The van der Waals surface area contributed by atoms with Crippen LogP contribution in [0.1, 0.15) is 27.2 Å². The highest BCUT2D eigenvalue weighted by Gasteiger charge is 2.20. The summed E-state index contributed by atoms with van der Waals surface area (Å²) in [5, 5.41) is 3.70. The molecule has 0 atom stereocenters. The molecule has 0 aliphatic carbocycles. The number of rotatable bonds is 4. The Morgan fingerprint density at radius 2 is 1.37 bits per heavy atom. The maximum atomic E-state index is 13.1. The van der Waals surface area contributed by atoms with E-state index in [1.54, 1.807) is 0 Å². The first-order chi connectivity index (χ1) is 14.4. The van der Waals surface area contributed by atoms with Crippen LogP contribution in [0, 0.1) is 20.8 Å². The Morgan fingerprint density at radius 3 is 1.97 bits per heavy atom. The van der Waals surface area contributed by atoms with Crippen molar-refractivity contribution in [2.24, 2.45) is 0 Å². The van der Waals surface area contributed by atoms with Crippen molar-refractivity contribution in [2.75, 3.05) is 5.32 Å². The molecule has 1 heterocycles. The number of aromatic nitrogens is 1. The Bertz CT molecular complexity index is 1190. The number of anilines is 1. The molecule has 0 bridgehead atoms. The number of nitrogens with one attached hydrogen (secondary N) is 1. The van der Waals surface area contributed by atoms with E-state index in [4.69, 9.17) is 11.6 Å². The molecule has 1 aromatic heterocycles. The van der Waals surface area contributed by atoms with Gasteiger partial charge in [0.05, 0.1) is 11.3 Å². The lowest BCUT2D eigenvalue weighted by Crippen LogP contribution is -2.13. The summed E-state index contributed by atoms with van der Waals surface area (Å²) < 4.78 is 2.12. The number of amides is 1. The van der Waals surface area contributed by atoms with Gasteiger partial charge in [-0.1, -0.05) is 59.1 Å². The number of halogens is 1. The van der Waals surface area contributed by atoms with Gasteiger partial charge in [-0.25, -0.2) is 0 Å². The molecule has 1 N–H and O–H groups in total. The molecule has 4 aromatic rings. The lowest BCUT2D eigenvalue weighted by molar-refractivity contribution is 0.102. The minimum absolute atomic E-state index is 0.127.